The number of rotatable bonds is 5. The van der Waals surface area contributed by atoms with Gasteiger partial charge in [0.15, 0.2) is 0 Å². The van der Waals surface area contributed by atoms with Crippen LogP contribution in [0.3, 0.4) is 0 Å². The first-order valence-electron chi connectivity index (χ1n) is 7.08. The minimum atomic E-state index is -0.690. The molecular weight excluding hydrogens is 238 g/mol. The lowest BCUT2D eigenvalue weighted by atomic mass is 9.95. The number of carbonyl (C=O) groups is 1. The van der Waals surface area contributed by atoms with Gasteiger partial charge in [0.25, 0.3) is 0 Å². The molecule has 2 fully saturated rings. The summed E-state index contributed by atoms with van der Waals surface area (Å²) in [4.78, 5) is 18.8. The molecule has 2 N–H and O–H groups in total. The third kappa shape index (κ3) is 2.63. The van der Waals surface area contributed by atoms with Gasteiger partial charge in [-0.15, -0.1) is 0 Å². The van der Waals surface area contributed by atoms with E-state index in [1.54, 1.807) is 6.20 Å². The predicted octanol–water partition coefficient (Wildman–Crippen LogP) is 1.70. The van der Waals surface area contributed by atoms with Gasteiger partial charge in [0.2, 0.25) is 5.91 Å². The summed E-state index contributed by atoms with van der Waals surface area (Å²) in [5, 5.41) is 0. The Morgan fingerprint density at radius 2 is 2.21 bits per heavy atom. The van der Waals surface area contributed by atoms with Gasteiger partial charge in [0.05, 0.1) is 5.54 Å². The standard InChI is InChI=1S/C15H21N3O/c1-15(16,12-4-5-12)14(19)18(13-6-7-13)10-11-3-2-8-17-9-11/h2-3,8-9,12-13H,4-7,10,16H2,1H3. The van der Waals surface area contributed by atoms with Crippen molar-refractivity contribution >= 4 is 5.91 Å². The van der Waals surface area contributed by atoms with Crippen LogP contribution < -0.4 is 5.73 Å². The fraction of sp³-hybridized carbons (Fsp3) is 0.600. The van der Waals surface area contributed by atoms with E-state index in [4.69, 9.17) is 5.73 Å². The average Bonchev–Trinajstić information content (AvgIpc) is 3.29. The van der Waals surface area contributed by atoms with Crippen molar-refractivity contribution in [1.29, 1.82) is 0 Å². The van der Waals surface area contributed by atoms with E-state index in [1.165, 1.54) is 0 Å². The Labute approximate surface area is 114 Å². The largest absolute Gasteiger partial charge is 0.334 e. The molecule has 0 radical (unpaired) electrons. The maximum atomic E-state index is 12.7. The number of hydrogen-bond acceptors (Lipinski definition) is 3. The van der Waals surface area contributed by atoms with Crippen LogP contribution in [0.15, 0.2) is 24.5 Å². The second-order valence-corrected chi connectivity index (χ2v) is 6.08. The van der Waals surface area contributed by atoms with E-state index < -0.39 is 5.54 Å². The second-order valence-electron chi connectivity index (χ2n) is 6.08. The van der Waals surface area contributed by atoms with Crippen molar-refractivity contribution < 1.29 is 4.79 Å². The summed E-state index contributed by atoms with van der Waals surface area (Å²) in [7, 11) is 0. The van der Waals surface area contributed by atoms with Crippen LogP contribution >= 0.6 is 0 Å². The van der Waals surface area contributed by atoms with Gasteiger partial charge in [0, 0.05) is 25.0 Å². The van der Waals surface area contributed by atoms with E-state index >= 15 is 0 Å². The Morgan fingerprint density at radius 3 is 2.74 bits per heavy atom. The predicted molar refractivity (Wildman–Crippen MR) is 73.1 cm³/mol. The molecule has 19 heavy (non-hydrogen) atoms. The van der Waals surface area contributed by atoms with E-state index in [9.17, 15) is 4.79 Å². The Bertz CT molecular complexity index is 464. The molecule has 0 spiro atoms. The van der Waals surface area contributed by atoms with Crippen molar-refractivity contribution in [2.75, 3.05) is 0 Å². The van der Waals surface area contributed by atoms with Crippen molar-refractivity contribution in [3.05, 3.63) is 30.1 Å². The summed E-state index contributed by atoms with van der Waals surface area (Å²) in [6, 6.07) is 4.31. The Kier molecular flexibility index (Phi) is 3.05. The highest BCUT2D eigenvalue weighted by molar-refractivity contribution is 5.87. The van der Waals surface area contributed by atoms with Crippen LogP contribution in [-0.2, 0) is 11.3 Å². The smallest absolute Gasteiger partial charge is 0.243 e. The average molecular weight is 259 g/mol. The highest BCUT2D eigenvalue weighted by atomic mass is 16.2. The molecule has 4 nitrogen and oxygen atoms in total. The van der Waals surface area contributed by atoms with Crippen LogP contribution in [0, 0.1) is 5.92 Å². The second kappa shape index (κ2) is 4.60. The number of nitrogens with two attached hydrogens (primary N) is 1. The van der Waals surface area contributed by atoms with Gasteiger partial charge in [-0.3, -0.25) is 9.78 Å². The summed E-state index contributed by atoms with van der Waals surface area (Å²) in [5.41, 5.74) is 6.67. The Balaban J connectivity index is 1.75. The Morgan fingerprint density at radius 1 is 1.47 bits per heavy atom. The number of nitrogens with zero attached hydrogens (tertiary/aromatic N) is 2. The lowest BCUT2D eigenvalue weighted by molar-refractivity contribution is -0.138. The van der Waals surface area contributed by atoms with Gasteiger partial charge < -0.3 is 10.6 Å². The third-order valence-electron chi connectivity index (χ3n) is 4.21. The van der Waals surface area contributed by atoms with E-state index in [1.807, 2.05) is 30.2 Å². The van der Waals surface area contributed by atoms with Gasteiger partial charge in [-0.25, -0.2) is 0 Å². The fourth-order valence-corrected chi connectivity index (χ4v) is 2.61. The van der Waals surface area contributed by atoms with Crippen LogP contribution in [0.1, 0.15) is 38.2 Å². The zero-order valence-electron chi connectivity index (χ0n) is 11.4. The van der Waals surface area contributed by atoms with Crippen molar-refractivity contribution in [1.82, 2.24) is 9.88 Å². The molecule has 4 heteroatoms. The van der Waals surface area contributed by atoms with Crippen molar-refractivity contribution in [3.8, 4) is 0 Å². The zero-order valence-corrected chi connectivity index (χ0v) is 11.4. The molecule has 1 heterocycles. The van der Waals surface area contributed by atoms with Crippen LogP contribution in [-0.4, -0.2) is 27.4 Å². The number of amides is 1. The van der Waals surface area contributed by atoms with Gasteiger partial charge in [0.1, 0.15) is 0 Å². The topological polar surface area (TPSA) is 59.2 Å². The summed E-state index contributed by atoms with van der Waals surface area (Å²) < 4.78 is 0. The summed E-state index contributed by atoms with van der Waals surface area (Å²) in [6.45, 7) is 2.53. The van der Waals surface area contributed by atoms with Gasteiger partial charge in [-0.2, -0.15) is 0 Å². The number of hydrogen-bond donors (Lipinski definition) is 1. The van der Waals surface area contributed by atoms with E-state index in [0.29, 0.717) is 18.5 Å². The molecule has 2 aliphatic carbocycles. The van der Waals surface area contributed by atoms with Gasteiger partial charge >= 0.3 is 0 Å². The SMILES string of the molecule is CC(N)(C(=O)N(Cc1cccnc1)C1CC1)C1CC1. The maximum absolute atomic E-state index is 12.7. The van der Waals surface area contributed by atoms with Crippen LogP contribution in [0.4, 0.5) is 0 Å². The lowest BCUT2D eigenvalue weighted by Gasteiger charge is -2.32. The summed E-state index contributed by atoms with van der Waals surface area (Å²) >= 11 is 0. The molecule has 0 bridgehead atoms. The molecule has 2 aliphatic rings. The molecule has 1 aromatic rings. The van der Waals surface area contributed by atoms with Crippen molar-refractivity contribution in [3.63, 3.8) is 0 Å². The number of carbonyl (C=O) groups excluding carboxylic acids is 1. The molecule has 3 rings (SSSR count). The quantitative estimate of drug-likeness (QED) is 0.875. The Hall–Kier alpha value is -1.42. The monoisotopic (exact) mass is 259 g/mol. The minimum Gasteiger partial charge on any atom is -0.334 e. The molecule has 0 aromatic carbocycles. The molecule has 1 unspecified atom stereocenters. The highest BCUT2D eigenvalue weighted by Crippen LogP contribution is 2.40. The number of aromatic nitrogens is 1. The van der Waals surface area contributed by atoms with Gasteiger partial charge in [-0.05, 0) is 50.2 Å². The molecule has 1 atom stereocenters. The minimum absolute atomic E-state index is 0.112. The molecule has 2 saturated carbocycles. The summed E-state index contributed by atoms with van der Waals surface area (Å²) in [5.74, 6) is 0.483. The number of pyridine rings is 1. The lowest BCUT2D eigenvalue weighted by Crippen LogP contribution is -2.55. The first-order valence-corrected chi connectivity index (χ1v) is 7.08. The molecule has 1 aromatic heterocycles. The molecule has 0 aliphatic heterocycles. The zero-order chi connectivity index (χ0) is 13.5. The third-order valence-corrected chi connectivity index (χ3v) is 4.21. The van der Waals surface area contributed by atoms with Crippen LogP contribution in [0.5, 0.6) is 0 Å². The molecule has 1 amide bonds. The highest BCUT2D eigenvalue weighted by Gasteiger charge is 2.48. The maximum Gasteiger partial charge on any atom is 0.243 e. The molecule has 0 saturated heterocycles. The molecule has 102 valence electrons. The van der Waals surface area contributed by atoms with Crippen LogP contribution in [0.2, 0.25) is 0 Å². The van der Waals surface area contributed by atoms with Crippen molar-refractivity contribution in [2.45, 2.75) is 50.7 Å². The molecular formula is C15H21N3O. The first kappa shape index (κ1) is 12.6. The van der Waals surface area contributed by atoms with E-state index in [2.05, 4.69) is 4.98 Å². The van der Waals surface area contributed by atoms with E-state index in [0.717, 1.165) is 31.2 Å². The van der Waals surface area contributed by atoms with Gasteiger partial charge in [-0.1, -0.05) is 6.07 Å². The normalized spacial score (nSPS) is 21.8. The fourth-order valence-electron chi connectivity index (χ4n) is 2.61. The summed E-state index contributed by atoms with van der Waals surface area (Å²) in [6.07, 6.45) is 7.96. The van der Waals surface area contributed by atoms with Crippen molar-refractivity contribution in [2.24, 2.45) is 11.7 Å². The first-order chi connectivity index (χ1) is 9.09. The van der Waals surface area contributed by atoms with E-state index in [-0.39, 0.29) is 5.91 Å². The van der Waals surface area contributed by atoms with Crippen LogP contribution in [0.25, 0.3) is 0 Å².